The fourth-order valence-electron chi connectivity index (χ4n) is 2.55. The molecule has 1 atom stereocenters. The van der Waals surface area contributed by atoms with E-state index in [0.717, 1.165) is 37.4 Å². The van der Waals surface area contributed by atoms with Crippen LogP contribution in [0.25, 0.3) is 0 Å². The predicted octanol–water partition coefficient (Wildman–Crippen LogP) is 1.48. The lowest BCUT2D eigenvalue weighted by Crippen LogP contribution is -2.48. The molecule has 1 aromatic rings. The van der Waals surface area contributed by atoms with Crippen LogP contribution in [0.3, 0.4) is 0 Å². The number of thiazole rings is 1. The van der Waals surface area contributed by atoms with Gasteiger partial charge in [0, 0.05) is 11.4 Å². The average Bonchev–Trinajstić information content (AvgIpc) is 2.76. The molecule has 0 aromatic carbocycles. The van der Waals surface area contributed by atoms with Crippen molar-refractivity contribution in [2.45, 2.75) is 44.6 Å². The first-order valence-electron chi connectivity index (χ1n) is 6.31. The Morgan fingerprint density at radius 2 is 2.12 bits per heavy atom. The molecule has 4 nitrogen and oxygen atoms in total. The van der Waals surface area contributed by atoms with Crippen molar-refractivity contribution in [1.82, 2.24) is 4.98 Å². The van der Waals surface area contributed by atoms with E-state index in [1.807, 2.05) is 0 Å². The number of rotatable bonds is 1. The van der Waals surface area contributed by atoms with Crippen LogP contribution >= 0.6 is 11.3 Å². The van der Waals surface area contributed by atoms with Crippen LogP contribution in [0.2, 0.25) is 0 Å². The number of anilines is 1. The SMILES string of the molecule is NC1CCCN(c2nc3c(s2)CCCC3)C1=O. The van der Waals surface area contributed by atoms with Crippen molar-refractivity contribution in [2.24, 2.45) is 5.73 Å². The van der Waals surface area contributed by atoms with Gasteiger partial charge in [0.2, 0.25) is 5.91 Å². The first kappa shape index (κ1) is 11.2. The van der Waals surface area contributed by atoms with E-state index in [0.29, 0.717) is 0 Å². The predicted molar refractivity (Wildman–Crippen MR) is 68.3 cm³/mol. The number of nitrogens with zero attached hydrogens (tertiary/aromatic N) is 2. The standard InChI is InChI=1S/C12H17N3OS/c13-8-4-3-7-15(11(8)16)12-14-9-5-1-2-6-10(9)17-12/h8H,1-7,13H2. The zero-order valence-electron chi connectivity index (χ0n) is 9.82. The molecule has 17 heavy (non-hydrogen) atoms. The van der Waals surface area contributed by atoms with E-state index in [1.54, 1.807) is 16.2 Å². The van der Waals surface area contributed by atoms with Crippen LogP contribution in [-0.2, 0) is 17.6 Å². The van der Waals surface area contributed by atoms with Crippen molar-refractivity contribution in [1.29, 1.82) is 0 Å². The van der Waals surface area contributed by atoms with Crippen molar-refractivity contribution in [3.05, 3.63) is 10.6 Å². The molecule has 0 saturated carbocycles. The monoisotopic (exact) mass is 251 g/mol. The molecular weight excluding hydrogens is 234 g/mol. The van der Waals surface area contributed by atoms with E-state index in [1.165, 1.54) is 23.4 Å². The Morgan fingerprint density at radius 1 is 1.29 bits per heavy atom. The lowest BCUT2D eigenvalue weighted by Gasteiger charge is -2.28. The Kier molecular flexibility index (Phi) is 2.88. The molecule has 1 saturated heterocycles. The second-order valence-electron chi connectivity index (χ2n) is 4.81. The largest absolute Gasteiger partial charge is 0.320 e. The van der Waals surface area contributed by atoms with Crippen LogP contribution in [0.5, 0.6) is 0 Å². The minimum absolute atomic E-state index is 0.0438. The summed E-state index contributed by atoms with van der Waals surface area (Å²) < 4.78 is 0. The molecule has 1 aliphatic heterocycles. The zero-order valence-corrected chi connectivity index (χ0v) is 10.6. The van der Waals surface area contributed by atoms with Crippen molar-refractivity contribution in [3.8, 4) is 0 Å². The molecule has 0 radical (unpaired) electrons. The molecule has 92 valence electrons. The second-order valence-corrected chi connectivity index (χ2v) is 5.87. The molecule has 3 rings (SSSR count). The first-order chi connectivity index (χ1) is 8.25. The summed E-state index contributed by atoms with van der Waals surface area (Å²) in [5, 5.41) is 0.872. The minimum Gasteiger partial charge on any atom is -0.320 e. The maximum Gasteiger partial charge on any atom is 0.245 e. The fourth-order valence-corrected chi connectivity index (χ4v) is 3.73. The summed E-state index contributed by atoms with van der Waals surface area (Å²) in [6.45, 7) is 0.777. The van der Waals surface area contributed by atoms with Gasteiger partial charge in [-0.05, 0) is 38.5 Å². The van der Waals surface area contributed by atoms with E-state index in [4.69, 9.17) is 5.73 Å². The number of aromatic nitrogens is 1. The second kappa shape index (κ2) is 4.38. The van der Waals surface area contributed by atoms with Crippen molar-refractivity contribution in [3.63, 3.8) is 0 Å². The number of nitrogens with two attached hydrogens (primary N) is 1. The number of hydrogen-bond acceptors (Lipinski definition) is 4. The number of piperidine rings is 1. The fraction of sp³-hybridized carbons (Fsp3) is 0.667. The van der Waals surface area contributed by atoms with Gasteiger partial charge in [-0.15, -0.1) is 11.3 Å². The van der Waals surface area contributed by atoms with Crippen LogP contribution < -0.4 is 10.6 Å². The van der Waals surface area contributed by atoms with Gasteiger partial charge in [-0.2, -0.15) is 0 Å². The highest BCUT2D eigenvalue weighted by Gasteiger charge is 2.29. The summed E-state index contributed by atoms with van der Waals surface area (Å²) in [5.41, 5.74) is 7.03. The molecule has 1 fully saturated rings. The summed E-state index contributed by atoms with van der Waals surface area (Å²) in [6.07, 6.45) is 6.46. The van der Waals surface area contributed by atoms with Crippen molar-refractivity contribution in [2.75, 3.05) is 11.4 Å². The summed E-state index contributed by atoms with van der Waals surface area (Å²) in [7, 11) is 0. The maximum atomic E-state index is 12.0. The highest BCUT2D eigenvalue weighted by atomic mass is 32.1. The van der Waals surface area contributed by atoms with E-state index in [-0.39, 0.29) is 11.9 Å². The van der Waals surface area contributed by atoms with Crippen LogP contribution in [0.4, 0.5) is 5.13 Å². The van der Waals surface area contributed by atoms with Crippen molar-refractivity contribution >= 4 is 22.4 Å². The van der Waals surface area contributed by atoms with Crippen LogP contribution in [0, 0.1) is 0 Å². The molecular formula is C12H17N3OS. The Bertz CT molecular complexity index is 419. The summed E-state index contributed by atoms with van der Waals surface area (Å²) in [6, 6.07) is -0.329. The molecule has 1 aromatic heterocycles. The van der Waals surface area contributed by atoms with Gasteiger partial charge in [-0.25, -0.2) is 4.98 Å². The van der Waals surface area contributed by atoms with Gasteiger partial charge in [0.15, 0.2) is 5.13 Å². The van der Waals surface area contributed by atoms with E-state index in [9.17, 15) is 4.79 Å². The lowest BCUT2D eigenvalue weighted by atomic mass is 10.0. The molecule has 1 unspecified atom stereocenters. The normalized spacial score (nSPS) is 24.9. The van der Waals surface area contributed by atoms with Crippen LogP contribution in [-0.4, -0.2) is 23.5 Å². The van der Waals surface area contributed by atoms with Gasteiger partial charge in [-0.1, -0.05) is 0 Å². The number of aryl methyl sites for hydroxylation is 2. The number of carbonyl (C=O) groups is 1. The topological polar surface area (TPSA) is 59.2 Å². The number of carbonyl (C=O) groups excluding carboxylic acids is 1. The van der Waals surface area contributed by atoms with Crippen LogP contribution in [0.1, 0.15) is 36.3 Å². The van der Waals surface area contributed by atoms with Gasteiger partial charge in [-0.3, -0.25) is 9.69 Å². The third-order valence-electron chi connectivity index (χ3n) is 3.55. The molecule has 2 aliphatic rings. The van der Waals surface area contributed by atoms with Crippen molar-refractivity contribution < 1.29 is 4.79 Å². The van der Waals surface area contributed by atoms with Gasteiger partial charge in [0.1, 0.15) is 0 Å². The third kappa shape index (κ3) is 1.98. The number of hydrogen-bond donors (Lipinski definition) is 1. The van der Waals surface area contributed by atoms with Crippen LogP contribution in [0.15, 0.2) is 0 Å². The summed E-state index contributed by atoms with van der Waals surface area (Å²) >= 11 is 1.69. The Labute approximate surface area is 105 Å². The van der Waals surface area contributed by atoms with E-state index in [2.05, 4.69) is 4.98 Å². The molecule has 5 heteroatoms. The first-order valence-corrected chi connectivity index (χ1v) is 7.13. The zero-order chi connectivity index (χ0) is 11.8. The molecule has 1 aliphatic carbocycles. The number of amides is 1. The summed E-state index contributed by atoms with van der Waals surface area (Å²) in [5.74, 6) is 0.0438. The highest BCUT2D eigenvalue weighted by Crippen LogP contribution is 2.33. The van der Waals surface area contributed by atoms with Gasteiger partial charge in [0.05, 0.1) is 11.7 Å². The Hall–Kier alpha value is -0.940. The average molecular weight is 251 g/mol. The smallest absolute Gasteiger partial charge is 0.245 e. The van der Waals surface area contributed by atoms with Gasteiger partial charge in [0.25, 0.3) is 0 Å². The highest BCUT2D eigenvalue weighted by molar-refractivity contribution is 7.16. The van der Waals surface area contributed by atoms with E-state index >= 15 is 0 Å². The Morgan fingerprint density at radius 3 is 2.94 bits per heavy atom. The molecule has 0 spiro atoms. The molecule has 2 heterocycles. The molecule has 2 N–H and O–H groups in total. The lowest BCUT2D eigenvalue weighted by molar-refractivity contribution is -0.120. The Balaban J connectivity index is 1.88. The molecule has 0 bridgehead atoms. The summed E-state index contributed by atoms with van der Waals surface area (Å²) in [4.78, 5) is 19.8. The minimum atomic E-state index is -0.329. The van der Waals surface area contributed by atoms with Gasteiger partial charge < -0.3 is 5.73 Å². The third-order valence-corrected chi connectivity index (χ3v) is 4.73. The maximum absolute atomic E-state index is 12.0. The number of fused-ring (bicyclic) bond motifs is 1. The van der Waals surface area contributed by atoms with E-state index < -0.39 is 0 Å². The quantitative estimate of drug-likeness (QED) is 0.822. The van der Waals surface area contributed by atoms with Gasteiger partial charge >= 0.3 is 0 Å². The molecule has 1 amide bonds.